The zero-order valence-corrected chi connectivity index (χ0v) is 8.54. The molecule has 2 rings (SSSR count). The van der Waals surface area contributed by atoms with Crippen LogP contribution in [0.5, 0.6) is 5.75 Å². The molecule has 0 saturated carbocycles. The van der Waals surface area contributed by atoms with Crippen LogP contribution in [0.4, 0.5) is 11.6 Å². The van der Waals surface area contributed by atoms with Crippen molar-refractivity contribution in [2.75, 3.05) is 18.2 Å². The summed E-state index contributed by atoms with van der Waals surface area (Å²) in [5.74, 6) is 1.66. The van der Waals surface area contributed by atoms with E-state index in [0.29, 0.717) is 23.9 Å². The van der Waals surface area contributed by atoms with Crippen molar-refractivity contribution in [3.05, 3.63) is 18.5 Å². The predicted molar refractivity (Wildman–Crippen MR) is 54.6 cm³/mol. The molecule has 8 nitrogen and oxygen atoms in total. The van der Waals surface area contributed by atoms with Gasteiger partial charge in [-0.05, 0) is 0 Å². The highest BCUT2D eigenvalue weighted by Crippen LogP contribution is 2.26. The second-order valence-corrected chi connectivity index (χ2v) is 2.84. The number of nitrogens with zero attached hydrogens (tertiary/aromatic N) is 4. The van der Waals surface area contributed by atoms with E-state index < -0.39 is 0 Å². The molecule has 16 heavy (non-hydrogen) atoms. The van der Waals surface area contributed by atoms with Crippen molar-refractivity contribution in [3.63, 3.8) is 0 Å². The van der Waals surface area contributed by atoms with Crippen molar-refractivity contribution in [2.24, 2.45) is 0 Å². The van der Waals surface area contributed by atoms with E-state index in [4.69, 9.17) is 10.5 Å². The average Bonchev–Trinajstić information content (AvgIpc) is 2.79. The van der Waals surface area contributed by atoms with E-state index in [9.17, 15) is 0 Å². The molecule has 8 heteroatoms. The fourth-order valence-corrected chi connectivity index (χ4v) is 1.15. The van der Waals surface area contributed by atoms with Gasteiger partial charge >= 0.3 is 0 Å². The van der Waals surface area contributed by atoms with Gasteiger partial charge in [0.15, 0.2) is 17.5 Å². The topological polar surface area (TPSA) is 112 Å². The van der Waals surface area contributed by atoms with E-state index >= 15 is 0 Å². The van der Waals surface area contributed by atoms with Crippen LogP contribution < -0.4 is 15.8 Å². The molecule has 84 valence electrons. The molecular formula is C8H10N6O2. The Morgan fingerprint density at radius 2 is 2.31 bits per heavy atom. The van der Waals surface area contributed by atoms with Crippen molar-refractivity contribution < 1.29 is 9.26 Å². The van der Waals surface area contributed by atoms with Gasteiger partial charge in [0.05, 0.1) is 13.7 Å². The standard InChI is InChI=1S/C8H10N6O2/c1-15-6-7(9)11-3-12-8(6)10-2-5-13-4-16-14-5/h3-4H,2H2,1H3,(H3,9,10,11,12). The zero-order chi connectivity index (χ0) is 11.4. The maximum atomic E-state index is 5.61. The van der Waals surface area contributed by atoms with Gasteiger partial charge in [-0.25, -0.2) is 9.97 Å². The number of aromatic nitrogens is 4. The summed E-state index contributed by atoms with van der Waals surface area (Å²) >= 11 is 0. The molecule has 0 saturated heterocycles. The number of methoxy groups -OCH3 is 1. The lowest BCUT2D eigenvalue weighted by Crippen LogP contribution is -2.07. The van der Waals surface area contributed by atoms with Crippen LogP contribution in [-0.4, -0.2) is 27.2 Å². The number of hydrogen-bond donors (Lipinski definition) is 2. The Morgan fingerprint density at radius 3 is 3.00 bits per heavy atom. The molecule has 2 aromatic heterocycles. The number of rotatable bonds is 4. The van der Waals surface area contributed by atoms with Crippen molar-refractivity contribution in [3.8, 4) is 5.75 Å². The van der Waals surface area contributed by atoms with Crippen molar-refractivity contribution >= 4 is 11.6 Å². The van der Waals surface area contributed by atoms with Gasteiger partial charge in [0.2, 0.25) is 12.1 Å². The van der Waals surface area contributed by atoms with Crippen LogP contribution in [-0.2, 0) is 6.54 Å². The van der Waals surface area contributed by atoms with Crippen LogP contribution in [0.3, 0.4) is 0 Å². The maximum absolute atomic E-state index is 5.61. The monoisotopic (exact) mass is 222 g/mol. The molecule has 0 bridgehead atoms. The number of ether oxygens (including phenoxy) is 1. The van der Waals surface area contributed by atoms with E-state index in [1.165, 1.54) is 19.8 Å². The van der Waals surface area contributed by atoms with Crippen LogP contribution in [0.1, 0.15) is 5.82 Å². The van der Waals surface area contributed by atoms with E-state index in [1.54, 1.807) is 0 Å². The number of hydrogen-bond acceptors (Lipinski definition) is 8. The number of nitrogen functional groups attached to an aromatic ring is 1. The summed E-state index contributed by atoms with van der Waals surface area (Å²) in [6.07, 6.45) is 2.60. The first-order valence-electron chi connectivity index (χ1n) is 4.45. The van der Waals surface area contributed by atoms with Crippen molar-refractivity contribution in [1.82, 2.24) is 20.1 Å². The Balaban J connectivity index is 2.12. The summed E-state index contributed by atoms with van der Waals surface area (Å²) in [5.41, 5.74) is 5.61. The third-order valence-corrected chi connectivity index (χ3v) is 1.86. The molecule has 2 heterocycles. The van der Waals surface area contributed by atoms with E-state index in [-0.39, 0.29) is 5.82 Å². The van der Waals surface area contributed by atoms with Gasteiger partial charge in [-0.15, -0.1) is 0 Å². The van der Waals surface area contributed by atoms with Crippen molar-refractivity contribution in [1.29, 1.82) is 0 Å². The van der Waals surface area contributed by atoms with Crippen LogP contribution in [0.2, 0.25) is 0 Å². The Labute approximate surface area is 90.8 Å². The number of anilines is 2. The quantitative estimate of drug-likeness (QED) is 0.746. The summed E-state index contributed by atoms with van der Waals surface area (Å²) in [6.45, 7) is 0.364. The van der Waals surface area contributed by atoms with Gasteiger partial charge < -0.3 is 20.3 Å². The molecule has 0 aliphatic carbocycles. The minimum Gasteiger partial charge on any atom is -0.490 e. The normalized spacial score (nSPS) is 10.1. The molecular weight excluding hydrogens is 212 g/mol. The molecule has 0 fully saturated rings. The average molecular weight is 222 g/mol. The molecule has 0 radical (unpaired) electrons. The lowest BCUT2D eigenvalue weighted by atomic mass is 10.4. The first kappa shape index (κ1) is 10.1. The van der Waals surface area contributed by atoms with Gasteiger partial charge in [-0.3, -0.25) is 0 Å². The zero-order valence-electron chi connectivity index (χ0n) is 8.54. The minimum atomic E-state index is 0.271. The van der Waals surface area contributed by atoms with E-state index in [1.807, 2.05) is 0 Å². The fraction of sp³-hybridized carbons (Fsp3) is 0.250. The first-order valence-corrected chi connectivity index (χ1v) is 4.45. The SMILES string of the molecule is COc1c(N)ncnc1NCc1ncon1. The Bertz CT molecular complexity index is 458. The Morgan fingerprint density at radius 1 is 1.44 bits per heavy atom. The second kappa shape index (κ2) is 4.43. The highest BCUT2D eigenvalue weighted by Gasteiger charge is 2.09. The summed E-state index contributed by atoms with van der Waals surface area (Å²) in [5, 5.41) is 6.61. The summed E-state index contributed by atoms with van der Waals surface area (Å²) in [7, 11) is 1.49. The molecule has 0 atom stereocenters. The molecule has 2 aromatic rings. The number of nitrogens with one attached hydrogen (secondary N) is 1. The van der Waals surface area contributed by atoms with Gasteiger partial charge in [0.25, 0.3) is 0 Å². The number of nitrogens with two attached hydrogens (primary N) is 1. The minimum absolute atomic E-state index is 0.271. The lowest BCUT2D eigenvalue weighted by Gasteiger charge is -2.09. The Hall–Kier alpha value is -2.38. The fourth-order valence-electron chi connectivity index (χ4n) is 1.15. The third kappa shape index (κ3) is 2.00. The first-order chi connectivity index (χ1) is 7.81. The van der Waals surface area contributed by atoms with Crippen LogP contribution in [0.15, 0.2) is 17.2 Å². The second-order valence-electron chi connectivity index (χ2n) is 2.84. The van der Waals surface area contributed by atoms with E-state index in [2.05, 4.69) is 29.9 Å². The predicted octanol–water partition coefficient (Wildman–Crippen LogP) is 0.0625. The molecule has 0 amide bonds. The largest absolute Gasteiger partial charge is 0.490 e. The molecule has 0 spiro atoms. The van der Waals surface area contributed by atoms with Gasteiger partial charge in [0.1, 0.15) is 6.33 Å². The summed E-state index contributed by atoms with van der Waals surface area (Å²) in [4.78, 5) is 11.7. The van der Waals surface area contributed by atoms with Gasteiger partial charge in [0, 0.05) is 0 Å². The van der Waals surface area contributed by atoms with E-state index in [0.717, 1.165) is 0 Å². The van der Waals surface area contributed by atoms with Crippen molar-refractivity contribution in [2.45, 2.75) is 6.54 Å². The summed E-state index contributed by atoms with van der Waals surface area (Å²) in [6, 6.07) is 0. The summed E-state index contributed by atoms with van der Waals surface area (Å²) < 4.78 is 9.66. The highest BCUT2D eigenvalue weighted by atomic mass is 16.5. The molecule has 3 N–H and O–H groups in total. The Kier molecular flexibility index (Phi) is 2.81. The van der Waals surface area contributed by atoms with Crippen LogP contribution >= 0.6 is 0 Å². The third-order valence-electron chi connectivity index (χ3n) is 1.86. The maximum Gasteiger partial charge on any atom is 0.213 e. The van der Waals surface area contributed by atoms with Gasteiger partial charge in [-0.1, -0.05) is 5.16 Å². The van der Waals surface area contributed by atoms with Gasteiger partial charge in [-0.2, -0.15) is 4.98 Å². The smallest absolute Gasteiger partial charge is 0.213 e. The highest BCUT2D eigenvalue weighted by molar-refractivity contribution is 5.61. The van der Waals surface area contributed by atoms with Crippen LogP contribution in [0, 0.1) is 0 Å². The molecule has 0 aliphatic rings. The molecule has 0 aliphatic heterocycles. The lowest BCUT2D eigenvalue weighted by molar-refractivity contribution is 0.409. The molecule has 0 unspecified atom stereocenters. The molecule has 0 aromatic carbocycles. The van der Waals surface area contributed by atoms with Crippen LogP contribution in [0.25, 0.3) is 0 Å².